The minimum absolute atomic E-state index is 0.314. The zero-order chi connectivity index (χ0) is 42.4. The summed E-state index contributed by atoms with van der Waals surface area (Å²) >= 11 is 0. The lowest BCUT2D eigenvalue weighted by atomic mass is 9.84. The third-order valence-corrected chi connectivity index (χ3v) is 11.3. The number of nitrogens with zero attached hydrogens (tertiary/aromatic N) is 3. The van der Waals surface area contributed by atoms with Gasteiger partial charge in [0, 0.05) is 41.5 Å². The fourth-order valence-corrected chi connectivity index (χ4v) is 8.09. The Morgan fingerprint density at radius 2 is 0.714 bits per heavy atom. The minimum atomic E-state index is 0.314. The number of nitrogens with one attached hydrogen (secondary N) is 2. The van der Waals surface area contributed by atoms with Crippen LogP contribution in [0.2, 0.25) is 0 Å². The topological polar surface area (TPSA) is 74.0 Å². The minimum Gasteiger partial charge on any atom is -0.298 e. The van der Waals surface area contributed by atoms with Gasteiger partial charge in [-0.3, -0.25) is 20.8 Å². The SMILES string of the molecule is N=C1C(c2cc(-c3ccccc3)cc(-c3ccccc3)c2)=CC(c2cc(-c3ccccc3)cc(-c3ccccc3)c2)=C/C1=N/Nc1cc(-c2cccnc2)cc(-c2cccnc2)c1. The highest BCUT2D eigenvalue weighted by molar-refractivity contribution is 6.62. The Hall–Kier alpha value is -8.54. The molecule has 5 heteroatoms. The van der Waals surface area contributed by atoms with Crippen molar-refractivity contribution < 1.29 is 0 Å². The number of allylic oxidation sites excluding steroid dienone is 4. The molecule has 9 aromatic rings. The Kier molecular flexibility index (Phi) is 10.8. The molecule has 0 unspecified atom stereocenters. The van der Waals surface area contributed by atoms with Gasteiger partial charge in [-0.1, -0.05) is 133 Å². The van der Waals surface area contributed by atoms with E-state index < -0.39 is 0 Å². The number of pyridine rings is 2. The van der Waals surface area contributed by atoms with Gasteiger partial charge in [0.25, 0.3) is 0 Å². The Balaban J connectivity index is 1.15. The van der Waals surface area contributed by atoms with Crippen molar-refractivity contribution in [3.63, 3.8) is 0 Å². The van der Waals surface area contributed by atoms with E-state index in [-0.39, 0.29) is 0 Å². The molecule has 0 fully saturated rings. The quantitative estimate of drug-likeness (QED) is 0.107. The Morgan fingerprint density at radius 1 is 0.349 bits per heavy atom. The smallest absolute Gasteiger partial charge is 0.109 e. The molecule has 0 saturated heterocycles. The lowest BCUT2D eigenvalue weighted by Gasteiger charge is -2.21. The normalized spacial score (nSPS) is 13.0. The van der Waals surface area contributed by atoms with Crippen LogP contribution < -0.4 is 5.43 Å². The van der Waals surface area contributed by atoms with Gasteiger partial charge in [-0.2, -0.15) is 5.10 Å². The molecule has 0 spiro atoms. The van der Waals surface area contributed by atoms with Gasteiger partial charge < -0.3 is 0 Å². The summed E-state index contributed by atoms with van der Waals surface area (Å²) in [6.07, 6.45) is 11.5. The van der Waals surface area contributed by atoms with Crippen LogP contribution >= 0.6 is 0 Å². The van der Waals surface area contributed by atoms with E-state index in [4.69, 9.17) is 5.10 Å². The summed E-state index contributed by atoms with van der Waals surface area (Å²) in [5, 5.41) is 15.0. The molecule has 0 atom stereocenters. The molecule has 0 bridgehead atoms. The summed E-state index contributed by atoms with van der Waals surface area (Å²) in [5.74, 6) is 0. The zero-order valence-corrected chi connectivity index (χ0v) is 34.4. The van der Waals surface area contributed by atoms with Crippen LogP contribution in [0.25, 0.3) is 77.9 Å². The van der Waals surface area contributed by atoms with Crippen LogP contribution in [0.3, 0.4) is 0 Å². The summed E-state index contributed by atoms with van der Waals surface area (Å²) in [6.45, 7) is 0. The molecule has 2 heterocycles. The number of anilines is 1. The standard InChI is InChI=1S/C58H41N5/c59-58-56(54-32-48(42-19-9-3-10-20-42)28-49(33-54)43-21-11-4-12-22-43)36-53(50-29-46(40-15-5-1-6-16-40)27-47(30-50)41-17-7-2-8-18-41)37-57(58)63-62-55-34-51(44-23-13-25-60-38-44)31-52(35-55)45-24-14-26-61-39-45/h1-39,59,62H/b59-58?,63-57-. The first-order valence-corrected chi connectivity index (χ1v) is 21.0. The summed E-state index contributed by atoms with van der Waals surface area (Å²) < 4.78 is 0. The van der Waals surface area contributed by atoms with Crippen molar-refractivity contribution in [2.24, 2.45) is 5.10 Å². The maximum Gasteiger partial charge on any atom is 0.109 e. The van der Waals surface area contributed by atoms with Gasteiger partial charge in [0.2, 0.25) is 0 Å². The Labute approximate surface area is 367 Å². The maximum atomic E-state index is 9.92. The molecule has 5 nitrogen and oxygen atoms in total. The van der Waals surface area contributed by atoms with E-state index in [1.165, 1.54) is 0 Å². The molecule has 7 aromatic carbocycles. The van der Waals surface area contributed by atoms with Gasteiger partial charge in [0.15, 0.2) is 0 Å². The second-order valence-electron chi connectivity index (χ2n) is 15.5. The highest BCUT2D eigenvalue weighted by atomic mass is 15.3. The molecule has 0 amide bonds. The molecule has 1 aliphatic rings. The zero-order valence-electron chi connectivity index (χ0n) is 34.4. The number of aromatic nitrogens is 2. The molecule has 2 aromatic heterocycles. The van der Waals surface area contributed by atoms with Crippen molar-refractivity contribution in [1.82, 2.24) is 9.97 Å². The second-order valence-corrected chi connectivity index (χ2v) is 15.5. The lowest BCUT2D eigenvalue weighted by molar-refractivity contribution is 1.31. The highest BCUT2D eigenvalue weighted by Gasteiger charge is 2.23. The molecule has 298 valence electrons. The fraction of sp³-hybridized carbons (Fsp3) is 0. The monoisotopic (exact) mass is 807 g/mol. The molecule has 63 heavy (non-hydrogen) atoms. The second kappa shape index (κ2) is 17.6. The van der Waals surface area contributed by atoms with E-state index in [0.29, 0.717) is 11.4 Å². The average molecular weight is 808 g/mol. The summed E-state index contributed by atoms with van der Waals surface area (Å²) in [4.78, 5) is 8.79. The largest absolute Gasteiger partial charge is 0.298 e. The highest BCUT2D eigenvalue weighted by Crippen LogP contribution is 2.38. The maximum absolute atomic E-state index is 9.92. The van der Waals surface area contributed by atoms with Gasteiger partial charge in [-0.15, -0.1) is 0 Å². The van der Waals surface area contributed by atoms with Crippen LogP contribution in [0.5, 0.6) is 0 Å². The van der Waals surface area contributed by atoms with Gasteiger partial charge in [0.05, 0.1) is 11.4 Å². The number of benzene rings is 7. The third kappa shape index (κ3) is 8.58. The Bertz CT molecular complexity index is 2990. The molecule has 0 aliphatic heterocycles. The Morgan fingerprint density at radius 3 is 1.11 bits per heavy atom. The van der Waals surface area contributed by atoms with E-state index >= 15 is 0 Å². The van der Waals surface area contributed by atoms with Crippen LogP contribution in [0.15, 0.2) is 242 Å². The van der Waals surface area contributed by atoms with Gasteiger partial charge in [-0.05, 0) is 151 Å². The van der Waals surface area contributed by atoms with Crippen LogP contribution in [-0.2, 0) is 0 Å². The van der Waals surface area contributed by atoms with Gasteiger partial charge in [-0.25, -0.2) is 0 Å². The molecule has 0 radical (unpaired) electrons. The van der Waals surface area contributed by atoms with Crippen molar-refractivity contribution in [3.05, 3.63) is 248 Å². The van der Waals surface area contributed by atoms with Gasteiger partial charge >= 0.3 is 0 Å². The van der Waals surface area contributed by atoms with Crippen molar-refractivity contribution in [2.45, 2.75) is 0 Å². The summed E-state index contributed by atoms with van der Waals surface area (Å²) in [6, 6.07) is 69.5. The average Bonchev–Trinajstić information content (AvgIpc) is 3.37. The predicted octanol–water partition coefficient (Wildman–Crippen LogP) is 14.4. The number of hydrogen-bond acceptors (Lipinski definition) is 5. The van der Waals surface area contributed by atoms with Crippen molar-refractivity contribution >= 4 is 28.3 Å². The molecular formula is C58H41N5. The van der Waals surface area contributed by atoms with Gasteiger partial charge in [0.1, 0.15) is 5.71 Å². The van der Waals surface area contributed by atoms with Crippen molar-refractivity contribution in [2.75, 3.05) is 5.43 Å². The summed E-state index contributed by atoms with van der Waals surface area (Å²) in [5.41, 5.74) is 21.4. The van der Waals surface area contributed by atoms with E-state index in [1.807, 2.05) is 54.9 Å². The fourth-order valence-electron chi connectivity index (χ4n) is 8.09. The van der Waals surface area contributed by atoms with Crippen LogP contribution in [-0.4, -0.2) is 21.4 Å². The first-order valence-electron chi connectivity index (χ1n) is 21.0. The van der Waals surface area contributed by atoms with Crippen molar-refractivity contribution in [1.29, 1.82) is 5.41 Å². The molecule has 1 aliphatic carbocycles. The molecule has 2 N–H and O–H groups in total. The van der Waals surface area contributed by atoms with E-state index in [9.17, 15) is 5.41 Å². The molecule has 0 saturated carbocycles. The van der Waals surface area contributed by atoms with Crippen molar-refractivity contribution in [3.8, 4) is 66.8 Å². The van der Waals surface area contributed by atoms with E-state index in [0.717, 1.165) is 94.7 Å². The lowest BCUT2D eigenvalue weighted by Crippen LogP contribution is -2.18. The number of hydrogen-bond donors (Lipinski definition) is 2. The number of hydrazone groups is 1. The number of rotatable bonds is 10. The third-order valence-electron chi connectivity index (χ3n) is 11.3. The van der Waals surface area contributed by atoms with Crippen LogP contribution in [0.4, 0.5) is 5.69 Å². The van der Waals surface area contributed by atoms with Crippen LogP contribution in [0.1, 0.15) is 11.1 Å². The van der Waals surface area contributed by atoms with E-state index in [2.05, 4.69) is 185 Å². The molecule has 10 rings (SSSR count). The molecular weight excluding hydrogens is 767 g/mol. The summed E-state index contributed by atoms with van der Waals surface area (Å²) in [7, 11) is 0. The first kappa shape index (κ1) is 38.6. The first-order chi connectivity index (χ1) is 31.1. The predicted molar refractivity (Wildman–Crippen MR) is 262 cm³/mol. The van der Waals surface area contributed by atoms with E-state index in [1.54, 1.807) is 12.4 Å². The van der Waals surface area contributed by atoms with Crippen LogP contribution in [0, 0.1) is 5.41 Å².